The first-order valence-corrected chi connectivity index (χ1v) is 9.01. The molecule has 26 heavy (non-hydrogen) atoms. The molecule has 0 saturated heterocycles. The van der Waals surface area contributed by atoms with Crippen LogP contribution < -0.4 is 9.80 Å². The average molecular weight is 350 g/mol. The molecule has 1 amide bonds. The lowest BCUT2D eigenvalue weighted by Crippen LogP contribution is -2.52. The van der Waals surface area contributed by atoms with Crippen molar-refractivity contribution in [2.45, 2.75) is 32.4 Å². The molecule has 2 aromatic carbocycles. The van der Waals surface area contributed by atoms with E-state index in [2.05, 4.69) is 4.90 Å². The minimum absolute atomic E-state index is 0.0694. The number of carboxylic acids is 1. The molecule has 1 N–H and O–H groups in total. The van der Waals surface area contributed by atoms with Gasteiger partial charge in [0.05, 0.1) is 23.0 Å². The molecule has 1 fully saturated rings. The van der Waals surface area contributed by atoms with Gasteiger partial charge in [0.1, 0.15) is 0 Å². The Labute approximate surface area is 152 Å². The van der Waals surface area contributed by atoms with E-state index in [1.807, 2.05) is 41.3 Å². The molecule has 134 valence electrons. The van der Waals surface area contributed by atoms with Crippen LogP contribution in [0.4, 0.5) is 11.4 Å². The first kappa shape index (κ1) is 16.6. The van der Waals surface area contributed by atoms with Crippen molar-refractivity contribution < 1.29 is 14.7 Å². The second-order valence-electron chi connectivity index (χ2n) is 7.13. The Morgan fingerprint density at radius 1 is 1.04 bits per heavy atom. The standard InChI is InChI=1S/C21H22N2O3/c1-14(24)23-19-9-5-4-8-18(19)22(13-20(23)15-10-11-15)12-16-6-2-3-7-17(16)21(25)26/h2-9,15,20H,10-13H2,1H3,(H,25,26). The lowest BCUT2D eigenvalue weighted by atomic mass is 10.0. The number of aromatic carboxylic acids is 1. The number of hydrogen-bond donors (Lipinski definition) is 1. The van der Waals surface area contributed by atoms with Crippen molar-refractivity contribution in [3.05, 3.63) is 59.7 Å². The summed E-state index contributed by atoms with van der Waals surface area (Å²) < 4.78 is 0. The summed E-state index contributed by atoms with van der Waals surface area (Å²) in [7, 11) is 0. The van der Waals surface area contributed by atoms with Crippen molar-refractivity contribution in [2.75, 3.05) is 16.3 Å². The summed E-state index contributed by atoms with van der Waals surface area (Å²) in [5.74, 6) is -0.306. The number of rotatable bonds is 4. The van der Waals surface area contributed by atoms with E-state index in [9.17, 15) is 14.7 Å². The monoisotopic (exact) mass is 350 g/mol. The molecule has 5 heteroatoms. The smallest absolute Gasteiger partial charge is 0.336 e. The van der Waals surface area contributed by atoms with Gasteiger partial charge in [-0.05, 0) is 42.5 Å². The van der Waals surface area contributed by atoms with Crippen LogP contribution in [0.1, 0.15) is 35.7 Å². The molecule has 1 aliphatic carbocycles. The maximum atomic E-state index is 12.3. The van der Waals surface area contributed by atoms with Crippen molar-refractivity contribution in [2.24, 2.45) is 5.92 Å². The zero-order chi connectivity index (χ0) is 18.3. The van der Waals surface area contributed by atoms with E-state index >= 15 is 0 Å². The minimum Gasteiger partial charge on any atom is -0.478 e. The van der Waals surface area contributed by atoms with Crippen LogP contribution in [0.2, 0.25) is 0 Å². The Bertz CT molecular complexity index is 860. The highest BCUT2D eigenvalue weighted by atomic mass is 16.4. The highest BCUT2D eigenvalue weighted by molar-refractivity contribution is 5.97. The number of carboxylic acid groups (broad SMARTS) is 1. The Morgan fingerprint density at radius 3 is 2.35 bits per heavy atom. The van der Waals surface area contributed by atoms with E-state index in [-0.39, 0.29) is 11.9 Å². The normalized spacial score (nSPS) is 19.2. The second-order valence-corrected chi connectivity index (χ2v) is 7.13. The fourth-order valence-electron chi connectivity index (χ4n) is 3.99. The minimum atomic E-state index is -0.907. The molecule has 1 atom stereocenters. The number of carbonyl (C=O) groups is 2. The number of hydrogen-bond acceptors (Lipinski definition) is 3. The molecule has 4 rings (SSSR count). The fraction of sp³-hybridized carbons (Fsp3) is 0.333. The molecule has 1 unspecified atom stereocenters. The summed E-state index contributed by atoms with van der Waals surface area (Å²) >= 11 is 0. The number of fused-ring (bicyclic) bond motifs is 1. The molecular formula is C21H22N2O3. The molecular weight excluding hydrogens is 328 g/mol. The summed E-state index contributed by atoms with van der Waals surface area (Å²) in [5, 5.41) is 9.48. The molecule has 2 aliphatic rings. The molecule has 0 radical (unpaired) electrons. The number of nitrogens with zero attached hydrogens (tertiary/aromatic N) is 2. The van der Waals surface area contributed by atoms with Crippen LogP contribution in [0.3, 0.4) is 0 Å². The van der Waals surface area contributed by atoms with E-state index in [0.717, 1.165) is 36.3 Å². The number of para-hydroxylation sites is 2. The van der Waals surface area contributed by atoms with Crippen molar-refractivity contribution in [1.82, 2.24) is 0 Å². The van der Waals surface area contributed by atoms with Gasteiger partial charge in [-0.2, -0.15) is 0 Å². The van der Waals surface area contributed by atoms with E-state index in [4.69, 9.17) is 0 Å². The Balaban J connectivity index is 1.73. The zero-order valence-corrected chi connectivity index (χ0v) is 14.8. The van der Waals surface area contributed by atoms with Crippen LogP contribution in [-0.4, -0.2) is 29.6 Å². The highest BCUT2D eigenvalue weighted by Gasteiger charge is 2.42. The van der Waals surface area contributed by atoms with Gasteiger partial charge in [-0.15, -0.1) is 0 Å². The number of carbonyl (C=O) groups excluding carboxylic acids is 1. The van der Waals surface area contributed by atoms with Gasteiger partial charge in [0, 0.05) is 20.0 Å². The van der Waals surface area contributed by atoms with Gasteiger partial charge in [0.25, 0.3) is 0 Å². The third kappa shape index (κ3) is 2.94. The van der Waals surface area contributed by atoms with Gasteiger partial charge < -0.3 is 14.9 Å². The first-order valence-electron chi connectivity index (χ1n) is 9.01. The van der Waals surface area contributed by atoms with E-state index in [1.165, 1.54) is 0 Å². The molecule has 5 nitrogen and oxygen atoms in total. The molecule has 2 aromatic rings. The van der Waals surface area contributed by atoms with Crippen molar-refractivity contribution in [1.29, 1.82) is 0 Å². The maximum Gasteiger partial charge on any atom is 0.336 e. The summed E-state index contributed by atoms with van der Waals surface area (Å²) in [6, 6.07) is 15.2. The summed E-state index contributed by atoms with van der Waals surface area (Å²) in [5.41, 5.74) is 3.04. The SMILES string of the molecule is CC(=O)N1c2ccccc2N(Cc2ccccc2C(=O)O)CC1C1CC1. The molecule has 1 heterocycles. The van der Waals surface area contributed by atoms with Crippen LogP contribution in [0.5, 0.6) is 0 Å². The van der Waals surface area contributed by atoms with Crippen molar-refractivity contribution in [3.8, 4) is 0 Å². The molecule has 0 bridgehead atoms. The fourth-order valence-corrected chi connectivity index (χ4v) is 3.99. The van der Waals surface area contributed by atoms with Crippen LogP contribution in [-0.2, 0) is 11.3 Å². The summed E-state index contributed by atoms with van der Waals surface area (Å²) in [6.07, 6.45) is 2.30. The number of anilines is 2. The van der Waals surface area contributed by atoms with Crippen LogP contribution in [0, 0.1) is 5.92 Å². The third-order valence-corrected chi connectivity index (χ3v) is 5.34. The Kier molecular flexibility index (Phi) is 4.15. The summed E-state index contributed by atoms with van der Waals surface area (Å²) in [6.45, 7) is 2.88. The molecule has 0 spiro atoms. The second kappa shape index (κ2) is 6.48. The van der Waals surface area contributed by atoms with E-state index < -0.39 is 5.97 Å². The Morgan fingerprint density at radius 2 is 1.69 bits per heavy atom. The maximum absolute atomic E-state index is 12.3. The lowest BCUT2D eigenvalue weighted by molar-refractivity contribution is -0.117. The zero-order valence-electron chi connectivity index (χ0n) is 14.8. The topological polar surface area (TPSA) is 60.9 Å². The number of benzene rings is 2. The summed E-state index contributed by atoms with van der Waals surface area (Å²) in [4.78, 5) is 28.1. The predicted octanol–water partition coefficient (Wildman–Crippen LogP) is 3.54. The third-order valence-electron chi connectivity index (χ3n) is 5.34. The van der Waals surface area contributed by atoms with Gasteiger partial charge in [-0.1, -0.05) is 30.3 Å². The quantitative estimate of drug-likeness (QED) is 0.916. The highest BCUT2D eigenvalue weighted by Crippen LogP contribution is 2.44. The predicted molar refractivity (Wildman–Crippen MR) is 101 cm³/mol. The molecule has 1 saturated carbocycles. The van der Waals surface area contributed by atoms with Crippen LogP contribution >= 0.6 is 0 Å². The first-order chi connectivity index (χ1) is 12.6. The van der Waals surface area contributed by atoms with Crippen molar-refractivity contribution in [3.63, 3.8) is 0 Å². The van der Waals surface area contributed by atoms with Crippen LogP contribution in [0.15, 0.2) is 48.5 Å². The van der Waals surface area contributed by atoms with E-state index in [0.29, 0.717) is 18.0 Å². The average Bonchev–Trinajstić information content (AvgIpc) is 3.46. The van der Waals surface area contributed by atoms with Gasteiger partial charge in [0.15, 0.2) is 0 Å². The number of amides is 1. The lowest BCUT2D eigenvalue weighted by Gasteiger charge is -2.43. The van der Waals surface area contributed by atoms with Crippen LogP contribution in [0.25, 0.3) is 0 Å². The molecule has 1 aliphatic heterocycles. The van der Waals surface area contributed by atoms with E-state index in [1.54, 1.807) is 19.1 Å². The molecule has 0 aromatic heterocycles. The van der Waals surface area contributed by atoms with Crippen molar-refractivity contribution >= 4 is 23.3 Å². The largest absolute Gasteiger partial charge is 0.478 e. The van der Waals surface area contributed by atoms with Gasteiger partial charge in [-0.3, -0.25) is 4.79 Å². The Hall–Kier alpha value is -2.82. The van der Waals surface area contributed by atoms with Gasteiger partial charge in [0.2, 0.25) is 5.91 Å². The van der Waals surface area contributed by atoms with Gasteiger partial charge >= 0.3 is 5.97 Å². The van der Waals surface area contributed by atoms with Gasteiger partial charge in [-0.25, -0.2) is 4.79 Å².